The van der Waals surface area contributed by atoms with Gasteiger partial charge in [-0.15, -0.1) is 0 Å². The summed E-state index contributed by atoms with van der Waals surface area (Å²) in [7, 11) is 1.65. The van der Waals surface area contributed by atoms with Crippen molar-refractivity contribution in [3.63, 3.8) is 0 Å². The number of ether oxygens (including phenoxy) is 3. The lowest BCUT2D eigenvalue weighted by molar-refractivity contribution is 0.0671. The van der Waals surface area contributed by atoms with Crippen LogP contribution >= 0.6 is 0 Å². The number of aliphatic imine (C=N–C) groups is 2. The quantitative estimate of drug-likeness (QED) is 0.734. The standard InChI is InChI=1S/C22H28N6O3/c1-3-31-17-10-8-16(9-11-17)24-21-25-20(23)26-22(27-12-14-30-15-13-27)28(21)18-6-4-5-7-19(18)29-2/h4-11,21,24H,3,12-15H2,1-2H3,(H2,23,25). The summed E-state index contributed by atoms with van der Waals surface area (Å²) in [6.45, 7) is 5.28. The monoisotopic (exact) mass is 424 g/mol. The van der Waals surface area contributed by atoms with Gasteiger partial charge in [0.1, 0.15) is 11.5 Å². The van der Waals surface area contributed by atoms with Gasteiger partial charge in [-0.1, -0.05) is 12.1 Å². The van der Waals surface area contributed by atoms with Crippen LogP contribution < -0.4 is 25.4 Å². The van der Waals surface area contributed by atoms with Gasteiger partial charge in [-0.3, -0.25) is 4.90 Å². The molecule has 1 unspecified atom stereocenters. The molecule has 0 aliphatic carbocycles. The van der Waals surface area contributed by atoms with Gasteiger partial charge in [-0.25, -0.2) is 4.99 Å². The van der Waals surface area contributed by atoms with Crippen molar-refractivity contribution in [2.75, 3.05) is 50.2 Å². The van der Waals surface area contributed by atoms with Crippen LogP contribution in [-0.4, -0.2) is 63.1 Å². The van der Waals surface area contributed by atoms with Crippen molar-refractivity contribution in [3.8, 4) is 11.5 Å². The Kier molecular flexibility index (Phi) is 6.42. The van der Waals surface area contributed by atoms with Crippen molar-refractivity contribution < 1.29 is 14.2 Å². The van der Waals surface area contributed by atoms with E-state index in [-0.39, 0.29) is 5.96 Å². The summed E-state index contributed by atoms with van der Waals surface area (Å²) in [4.78, 5) is 13.4. The molecule has 164 valence electrons. The maximum absolute atomic E-state index is 6.14. The van der Waals surface area contributed by atoms with Crippen LogP contribution in [0.15, 0.2) is 58.5 Å². The normalized spacial score (nSPS) is 18.8. The highest BCUT2D eigenvalue weighted by molar-refractivity contribution is 6.06. The van der Waals surface area contributed by atoms with Crippen LogP contribution in [0.25, 0.3) is 0 Å². The van der Waals surface area contributed by atoms with Crippen LogP contribution in [0.1, 0.15) is 6.92 Å². The van der Waals surface area contributed by atoms with Crippen LogP contribution in [0.4, 0.5) is 11.4 Å². The summed E-state index contributed by atoms with van der Waals surface area (Å²) in [5.41, 5.74) is 7.86. The lowest BCUT2D eigenvalue weighted by atomic mass is 10.2. The lowest BCUT2D eigenvalue weighted by Gasteiger charge is -2.41. The molecule has 1 fully saturated rings. The Morgan fingerprint density at radius 3 is 2.58 bits per heavy atom. The number of nitrogens with two attached hydrogens (primary N) is 1. The molecule has 1 atom stereocenters. The average molecular weight is 425 g/mol. The summed E-state index contributed by atoms with van der Waals surface area (Å²) in [5, 5.41) is 3.46. The van der Waals surface area contributed by atoms with Crippen molar-refractivity contribution in [1.29, 1.82) is 0 Å². The van der Waals surface area contributed by atoms with Crippen molar-refractivity contribution in [1.82, 2.24) is 4.90 Å². The number of para-hydroxylation sites is 2. The molecule has 2 heterocycles. The minimum Gasteiger partial charge on any atom is -0.495 e. The number of nitrogens with zero attached hydrogens (tertiary/aromatic N) is 4. The van der Waals surface area contributed by atoms with Crippen molar-refractivity contribution >= 4 is 23.3 Å². The molecule has 31 heavy (non-hydrogen) atoms. The number of rotatable bonds is 6. The summed E-state index contributed by atoms with van der Waals surface area (Å²) in [6, 6.07) is 15.6. The number of benzene rings is 2. The second-order valence-corrected chi connectivity index (χ2v) is 7.02. The highest BCUT2D eigenvalue weighted by atomic mass is 16.5. The SMILES string of the molecule is CCOc1ccc(NC2N=C(N)N=C(N3CCOCC3)N2c2ccccc2OC)cc1. The Hall–Kier alpha value is -3.46. The molecule has 2 aliphatic heterocycles. The molecular weight excluding hydrogens is 396 g/mol. The van der Waals surface area contributed by atoms with Crippen molar-refractivity contribution in [2.45, 2.75) is 13.2 Å². The highest BCUT2D eigenvalue weighted by Crippen LogP contribution is 2.32. The molecule has 0 amide bonds. The number of hydrogen-bond acceptors (Lipinski definition) is 9. The van der Waals surface area contributed by atoms with Crippen LogP contribution in [0.2, 0.25) is 0 Å². The van der Waals surface area contributed by atoms with E-state index >= 15 is 0 Å². The van der Waals surface area contributed by atoms with Gasteiger partial charge in [0.25, 0.3) is 0 Å². The second-order valence-electron chi connectivity index (χ2n) is 7.02. The molecule has 2 aromatic carbocycles. The number of hydrogen-bond donors (Lipinski definition) is 2. The Bertz CT molecular complexity index is 941. The Morgan fingerprint density at radius 1 is 1.13 bits per heavy atom. The van der Waals surface area contributed by atoms with Crippen LogP contribution in [-0.2, 0) is 4.74 Å². The van der Waals surface area contributed by atoms with Gasteiger partial charge in [0.05, 0.1) is 32.6 Å². The van der Waals surface area contributed by atoms with Gasteiger partial charge >= 0.3 is 0 Å². The summed E-state index contributed by atoms with van der Waals surface area (Å²) in [6.07, 6.45) is -0.510. The first-order valence-electron chi connectivity index (χ1n) is 10.4. The Balaban J connectivity index is 1.70. The fourth-order valence-corrected chi connectivity index (χ4v) is 3.59. The average Bonchev–Trinajstić information content (AvgIpc) is 2.81. The molecular formula is C22H28N6O3. The predicted molar refractivity (Wildman–Crippen MR) is 122 cm³/mol. The Labute approximate surface area is 182 Å². The number of morpholine rings is 1. The summed E-state index contributed by atoms with van der Waals surface area (Å²) in [5.74, 6) is 2.47. The topological polar surface area (TPSA) is 96.9 Å². The zero-order valence-electron chi connectivity index (χ0n) is 17.8. The van der Waals surface area contributed by atoms with Crippen LogP contribution in [0.5, 0.6) is 11.5 Å². The molecule has 0 radical (unpaired) electrons. The fourth-order valence-electron chi connectivity index (χ4n) is 3.59. The van der Waals surface area contributed by atoms with Gasteiger partial charge in [-0.2, -0.15) is 4.99 Å². The molecule has 2 aliphatic rings. The smallest absolute Gasteiger partial charge is 0.222 e. The number of methoxy groups -OCH3 is 1. The maximum Gasteiger partial charge on any atom is 0.222 e. The molecule has 1 saturated heterocycles. The zero-order chi connectivity index (χ0) is 21.6. The van der Waals surface area contributed by atoms with Crippen molar-refractivity contribution in [3.05, 3.63) is 48.5 Å². The van der Waals surface area contributed by atoms with E-state index in [0.29, 0.717) is 38.9 Å². The molecule has 3 N–H and O–H groups in total. The largest absolute Gasteiger partial charge is 0.495 e. The van der Waals surface area contributed by atoms with Crippen LogP contribution in [0, 0.1) is 0 Å². The maximum atomic E-state index is 6.14. The second kappa shape index (κ2) is 9.57. The molecule has 0 bridgehead atoms. The van der Waals surface area contributed by atoms with E-state index in [1.165, 1.54) is 0 Å². The van der Waals surface area contributed by atoms with E-state index in [0.717, 1.165) is 22.9 Å². The third-order valence-electron chi connectivity index (χ3n) is 5.03. The number of guanidine groups is 2. The first-order chi connectivity index (χ1) is 15.2. The third kappa shape index (κ3) is 4.66. The molecule has 9 heteroatoms. The van der Waals surface area contributed by atoms with Gasteiger partial charge in [0, 0.05) is 18.8 Å². The van der Waals surface area contributed by atoms with E-state index in [9.17, 15) is 0 Å². The predicted octanol–water partition coefficient (Wildman–Crippen LogP) is 2.31. The first-order valence-corrected chi connectivity index (χ1v) is 10.4. The molecule has 2 aromatic rings. The van der Waals surface area contributed by atoms with Gasteiger partial charge in [0.2, 0.25) is 18.2 Å². The minimum atomic E-state index is -0.510. The van der Waals surface area contributed by atoms with Crippen molar-refractivity contribution in [2.24, 2.45) is 15.7 Å². The summed E-state index contributed by atoms with van der Waals surface area (Å²) >= 11 is 0. The molecule has 9 nitrogen and oxygen atoms in total. The van der Waals surface area contributed by atoms with E-state index in [1.54, 1.807) is 7.11 Å². The van der Waals surface area contributed by atoms with E-state index < -0.39 is 6.29 Å². The molecule has 4 rings (SSSR count). The Morgan fingerprint density at radius 2 is 1.87 bits per heavy atom. The van der Waals surface area contributed by atoms with E-state index in [2.05, 4.69) is 20.2 Å². The van der Waals surface area contributed by atoms with E-state index in [4.69, 9.17) is 19.9 Å². The van der Waals surface area contributed by atoms with Crippen LogP contribution in [0.3, 0.4) is 0 Å². The number of nitrogens with one attached hydrogen (secondary N) is 1. The number of anilines is 2. The van der Waals surface area contributed by atoms with Gasteiger partial charge in [-0.05, 0) is 43.3 Å². The third-order valence-corrected chi connectivity index (χ3v) is 5.03. The minimum absolute atomic E-state index is 0.219. The fraction of sp³-hybridized carbons (Fsp3) is 0.364. The van der Waals surface area contributed by atoms with Gasteiger partial charge in [0.15, 0.2) is 0 Å². The highest BCUT2D eigenvalue weighted by Gasteiger charge is 2.33. The first kappa shape index (κ1) is 20.8. The lowest BCUT2D eigenvalue weighted by Crippen LogP contribution is -2.57. The van der Waals surface area contributed by atoms with E-state index in [1.807, 2.05) is 60.4 Å². The van der Waals surface area contributed by atoms with Gasteiger partial charge < -0.3 is 30.2 Å². The molecule has 0 spiro atoms. The zero-order valence-corrected chi connectivity index (χ0v) is 17.8. The summed E-state index contributed by atoms with van der Waals surface area (Å²) < 4.78 is 16.7. The molecule has 0 saturated carbocycles. The molecule has 0 aromatic heterocycles.